The molecule has 0 fully saturated rings. The van der Waals surface area contributed by atoms with E-state index in [2.05, 4.69) is 9.98 Å². The summed E-state index contributed by atoms with van der Waals surface area (Å²) in [4.78, 5) is 8.78. The van der Waals surface area contributed by atoms with Crippen LogP contribution in [0.2, 0.25) is 0 Å². The molecule has 1 aliphatic heterocycles. The Morgan fingerprint density at radius 3 is 2.73 bits per heavy atom. The van der Waals surface area contributed by atoms with E-state index in [-0.39, 0.29) is 0 Å². The molecular formula is C17H18N4O. The number of nitrogens with two attached hydrogens (primary N) is 2. The molecule has 22 heavy (non-hydrogen) atoms. The van der Waals surface area contributed by atoms with Gasteiger partial charge in [-0.15, -0.1) is 0 Å². The number of ether oxygens (including phenoxy) is 1. The molecule has 0 atom stereocenters. The van der Waals surface area contributed by atoms with Crippen LogP contribution in [0.1, 0.15) is 23.7 Å². The number of amidine groups is 1. The molecule has 1 aliphatic rings. The normalized spacial score (nSPS) is 15.4. The lowest BCUT2D eigenvalue weighted by Crippen LogP contribution is -2.17. The van der Waals surface area contributed by atoms with Crippen LogP contribution in [-0.2, 0) is 18.0 Å². The summed E-state index contributed by atoms with van der Waals surface area (Å²) in [5, 5.41) is 0. The first kappa shape index (κ1) is 14.3. The Balaban J connectivity index is 1.93. The van der Waals surface area contributed by atoms with Crippen molar-refractivity contribution in [3.05, 3.63) is 65.0 Å². The fourth-order valence-electron chi connectivity index (χ4n) is 2.28. The highest BCUT2D eigenvalue weighted by Gasteiger charge is 2.14. The molecule has 2 aromatic rings. The average Bonchev–Trinajstić information content (AvgIpc) is 3.02. The van der Waals surface area contributed by atoms with Crippen molar-refractivity contribution in [2.45, 2.75) is 20.1 Å². The van der Waals surface area contributed by atoms with Crippen LogP contribution < -0.4 is 11.5 Å². The Hall–Kier alpha value is -2.66. The topological polar surface area (TPSA) is 86.5 Å². The minimum absolute atomic E-state index is 0.403. The van der Waals surface area contributed by atoms with Crippen molar-refractivity contribution < 1.29 is 4.74 Å². The summed E-state index contributed by atoms with van der Waals surface area (Å²) < 4.78 is 5.37. The fourth-order valence-corrected chi connectivity index (χ4v) is 2.28. The molecule has 4 N–H and O–H groups in total. The maximum Gasteiger partial charge on any atom is 0.129 e. The van der Waals surface area contributed by atoms with E-state index >= 15 is 0 Å². The summed E-state index contributed by atoms with van der Waals surface area (Å²) >= 11 is 0. The number of aliphatic imine (C=N–C) groups is 1. The van der Waals surface area contributed by atoms with E-state index in [0.29, 0.717) is 24.7 Å². The number of aromatic nitrogens is 1. The van der Waals surface area contributed by atoms with Crippen LogP contribution in [-0.4, -0.2) is 10.8 Å². The zero-order chi connectivity index (χ0) is 15.5. The Morgan fingerprint density at radius 1 is 1.18 bits per heavy atom. The van der Waals surface area contributed by atoms with Crippen LogP contribution in [0, 0.1) is 0 Å². The molecule has 1 aromatic carbocycles. The third kappa shape index (κ3) is 2.84. The predicted molar refractivity (Wildman–Crippen MR) is 87.2 cm³/mol. The minimum Gasteiger partial charge on any atom is -0.398 e. The predicted octanol–water partition coefficient (Wildman–Crippen LogP) is 2.49. The largest absolute Gasteiger partial charge is 0.398 e. The van der Waals surface area contributed by atoms with Gasteiger partial charge in [-0.05, 0) is 25.1 Å². The number of fused-ring (bicyclic) bond motifs is 1. The van der Waals surface area contributed by atoms with Crippen molar-refractivity contribution in [2.24, 2.45) is 16.5 Å². The molecule has 0 saturated heterocycles. The number of pyridine rings is 1. The quantitative estimate of drug-likeness (QED) is 0.672. The van der Waals surface area contributed by atoms with Gasteiger partial charge in [0.2, 0.25) is 0 Å². The number of hydrogen-bond donors (Lipinski definition) is 2. The van der Waals surface area contributed by atoms with E-state index in [1.165, 1.54) is 0 Å². The maximum atomic E-state index is 6.23. The molecule has 0 bridgehead atoms. The molecule has 5 nitrogen and oxygen atoms in total. The van der Waals surface area contributed by atoms with Gasteiger partial charge in [-0.25, -0.2) is 4.99 Å². The summed E-state index contributed by atoms with van der Waals surface area (Å²) in [5.41, 5.74) is 17.3. The number of hydrogen-bond acceptors (Lipinski definition) is 4. The Labute approximate surface area is 129 Å². The summed E-state index contributed by atoms with van der Waals surface area (Å²) in [5.74, 6) is 0.403. The molecule has 0 saturated carbocycles. The molecule has 0 unspecified atom stereocenters. The Kier molecular flexibility index (Phi) is 3.89. The molecule has 0 radical (unpaired) electrons. The van der Waals surface area contributed by atoms with Crippen LogP contribution in [0.4, 0.5) is 5.69 Å². The summed E-state index contributed by atoms with van der Waals surface area (Å²) in [6, 6.07) is 11.6. The van der Waals surface area contributed by atoms with E-state index in [0.717, 1.165) is 28.1 Å². The second kappa shape index (κ2) is 5.99. The average molecular weight is 294 g/mol. The van der Waals surface area contributed by atoms with E-state index in [4.69, 9.17) is 16.2 Å². The second-order valence-electron chi connectivity index (χ2n) is 5.19. The molecular weight excluding hydrogens is 276 g/mol. The SMILES string of the molecule is CC(C(N)=Nc1ccccc1)=C(N)c1cnc2c(c1)COC2. The Bertz CT molecular complexity index is 751. The van der Waals surface area contributed by atoms with E-state index in [1.54, 1.807) is 6.20 Å². The van der Waals surface area contributed by atoms with E-state index in [1.807, 2.05) is 43.3 Å². The number of rotatable bonds is 3. The molecule has 0 amide bonds. The van der Waals surface area contributed by atoms with Crippen LogP contribution in [0.25, 0.3) is 5.70 Å². The standard InChI is InChI=1S/C17H18N4O/c1-11(17(19)21-14-5-3-2-4-6-14)16(18)12-7-13-9-22-10-15(13)20-8-12/h2-8H,9-10,18H2,1H3,(H2,19,21). The highest BCUT2D eigenvalue weighted by atomic mass is 16.5. The van der Waals surface area contributed by atoms with Crippen molar-refractivity contribution in [1.29, 1.82) is 0 Å². The number of nitrogens with zero attached hydrogens (tertiary/aromatic N) is 2. The number of para-hydroxylation sites is 1. The van der Waals surface area contributed by atoms with Gasteiger partial charge in [-0.1, -0.05) is 18.2 Å². The zero-order valence-corrected chi connectivity index (χ0v) is 12.4. The van der Waals surface area contributed by atoms with E-state index < -0.39 is 0 Å². The molecule has 1 aromatic heterocycles. The van der Waals surface area contributed by atoms with Crippen molar-refractivity contribution in [2.75, 3.05) is 0 Å². The lowest BCUT2D eigenvalue weighted by Gasteiger charge is -2.09. The fraction of sp³-hybridized carbons (Fsp3) is 0.176. The van der Waals surface area contributed by atoms with Gasteiger partial charge in [0.25, 0.3) is 0 Å². The van der Waals surface area contributed by atoms with Crippen LogP contribution >= 0.6 is 0 Å². The minimum atomic E-state index is 0.403. The van der Waals surface area contributed by atoms with Gasteiger partial charge in [-0.3, -0.25) is 4.98 Å². The monoisotopic (exact) mass is 294 g/mol. The van der Waals surface area contributed by atoms with Crippen molar-refractivity contribution in [3.8, 4) is 0 Å². The van der Waals surface area contributed by atoms with Crippen molar-refractivity contribution >= 4 is 17.2 Å². The molecule has 0 spiro atoms. The summed E-state index contributed by atoms with van der Waals surface area (Å²) in [6.07, 6.45) is 1.75. The van der Waals surface area contributed by atoms with Gasteiger partial charge in [0.15, 0.2) is 0 Å². The highest BCUT2D eigenvalue weighted by molar-refractivity contribution is 6.04. The molecule has 0 aliphatic carbocycles. The Morgan fingerprint density at radius 2 is 1.95 bits per heavy atom. The van der Waals surface area contributed by atoms with Crippen molar-refractivity contribution in [1.82, 2.24) is 4.98 Å². The van der Waals surface area contributed by atoms with Gasteiger partial charge in [0, 0.05) is 28.6 Å². The lowest BCUT2D eigenvalue weighted by molar-refractivity contribution is 0.133. The van der Waals surface area contributed by atoms with Gasteiger partial charge < -0.3 is 16.2 Å². The maximum absolute atomic E-state index is 6.23. The van der Waals surface area contributed by atoms with Crippen LogP contribution in [0.3, 0.4) is 0 Å². The smallest absolute Gasteiger partial charge is 0.129 e. The highest BCUT2D eigenvalue weighted by Crippen LogP contribution is 2.22. The van der Waals surface area contributed by atoms with Gasteiger partial charge in [0.1, 0.15) is 5.84 Å². The summed E-state index contributed by atoms with van der Waals surface area (Å²) in [6.45, 7) is 3.01. The van der Waals surface area contributed by atoms with E-state index in [9.17, 15) is 0 Å². The lowest BCUT2D eigenvalue weighted by atomic mass is 10.1. The first-order chi connectivity index (χ1) is 10.6. The van der Waals surface area contributed by atoms with Crippen LogP contribution in [0.5, 0.6) is 0 Å². The third-order valence-electron chi connectivity index (χ3n) is 3.66. The first-order valence-corrected chi connectivity index (χ1v) is 7.07. The molecule has 112 valence electrons. The molecule has 5 heteroatoms. The number of benzene rings is 1. The first-order valence-electron chi connectivity index (χ1n) is 7.07. The van der Waals surface area contributed by atoms with Gasteiger partial charge in [-0.2, -0.15) is 0 Å². The van der Waals surface area contributed by atoms with Crippen LogP contribution in [0.15, 0.2) is 53.2 Å². The summed E-state index contributed by atoms with van der Waals surface area (Å²) in [7, 11) is 0. The van der Waals surface area contributed by atoms with Gasteiger partial charge >= 0.3 is 0 Å². The molecule has 2 heterocycles. The third-order valence-corrected chi connectivity index (χ3v) is 3.66. The van der Waals surface area contributed by atoms with Crippen molar-refractivity contribution in [3.63, 3.8) is 0 Å². The zero-order valence-electron chi connectivity index (χ0n) is 12.4. The van der Waals surface area contributed by atoms with Gasteiger partial charge in [0.05, 0.1) is 24.6 Å². The second-order valence-corrected chi connectivity index (χ2v) is 5.19. The molecule has 3 rings (SSSR count).